The Morgan fingerprint density at radius 2 is 2.00 bits per heavy atom. The van der Waals surface area contributed by atoms with Crippen molar-refractivity contribution < 1.29 is 13.9 Å². The van der Waals surface area contributed by atoms with Crippen LogP contribution in [0.15, 0.2) is 59.9 Å². The number of aromatic nitrogens is 3. The van der Waals surface area contributed by atoms with Crippen LogP contribution >= 0.6 is 0 Å². The number of allylic oxidation sites excluding steroid dienone is 1. The lowest BCUT2D eigenvalue weighted by Gasteiger charge is -2.38. The quantitative estimate of drug-likeness (QED) is 0.538. The van der Waals surface area contributed by atoms with Gasteiger partial charge in [0, 0.05) is 55.6 Å². The van der Waals surface area contributed by atoms with E-state index in [0.717, 1.165) is 35.3 Å². The number of nitrogens with two attached hydrogens (primary N) is 2. The minimum atomic E-state index is -1.15. The highest BCUT2D eigenvalue weighted by Gasteiger charge is 2.41. The van der Waals surface area contributed by atoms with Crippen molar-refractivity contribution in [2.24, 2.45) is 11.5 Å². The lowest BCUT2D eigenvalue weighted by Crippen LogP contribution is -2.46. The number of nitrogens with zero attached hydrogens (tertiary/aromatic N) is 5. The molecule has 5 rings (SSSR count). The van der Waals surface area contributed by atoms with Crippen molar-refractivity contribution in [2.45, 2.75) is 18.5 Å². The molecule has 1 aromatic carbocycles. The van der Waals surface area contributed by atoms with Crippen molar-refractivity contribution in [2.75, 3.05) is 47.5 Å². The summed E-state index contributed by atoms with van der Waals surface area (Å²) in [6, 6.07) is 6.59. The van der Waals surface area contributed by atoms with Gasteiger partial charge in [0.25, 0.3) is 0 Å². The predicted octanol–water partition coefficient (Wildman–Crippen LogP) is 2.21. The zero-order valence-corrected chi connectivity index (χ0v) is 20.9. The summed E-state index contributed by atoms with van der Waals surface area (Å²) >= 11 is 0. The van der Waals surface area contributed by atoms with E-state index in [-0.39, 0.29) is 5.82 Å². The van der Waals surface area contributed by atoms with Crippen molar-refractivity contribution in [1.82, 2.24) is 24.3 Å². The van der Waals surface area contributed by atoms with E-state index in [4.69, 9.17) is 25.9 Å². The number of fused-ring (bicyclic) bond motifs is 1. The van der Waals surface area contributed by atoms with E-state index in [2.05, 4.69) is 14.8 Å². The van der Waals surface area contributed by atoms with Gasteiger partial charge in [0.15, 0.2) is 5.82 Å². The van der Waals surface area contributed by atoms with E-state index >= 15 is 0 Å². The van der Waals surface area contributed by atoms with Gasteiger partial charge < -0.3 is 35.3 Å². The molecular weight excluding hydrogens is 461 g/mol. The van der Waals surface area contributed by atoms with Gasteiger partial charge in [-0.2, -0.15) is 0 Å². The highest BCUT2D eigenvalue weighted by atomic mass is 19.1. The molecule has 0 spiro atoms. The maximum atomic E-state index is 14.2. The third kappa shape index (κ3) is 4.32. The molecule has 1 saturated heterocycles. The molecule has 2 aliphatic rings. The van der Waals surface area contributed by atoms with Crippen LogP contribution < -0.4 is 11.5 Å². The molecule has 1 aliphatic carbocycles. The fraction of sp³-hybridized carbons (Fsp3) is 0.385. The van der Waals surface area contributed by atoms with Crippen LogP contribution in [0.2, 0.25) is 0 Å². The van der Waals surface area contributed by atoms with E-state index in [1.165, 1.54) is 12.1 Å². The van der Waals surface area contributed by atoms with Crippen LogP contribution in [0.1, 0.15) is 17.8 Å². The molecule has 1 aliphatic heterocycles. The highest BCUT2D eigenvalue weighted by Crippen LogP contribution is 2.37. The molecule has 10 heteroatoms. The first kappa shape index (κ1) is 24.2. The summed E-state index contributed by atoms with van der Waals surface area (Å²) in [5, 5.41) is 0.963. The lowest BCUT2D eigenvalue weighted by atomic mass is 9.85. The Bertz CT molecular complexity index is 1340. The average molecular weight is 494 g/mol. The second-order valence-corrected chi connectivity index (χ2v) is 9.53. The summed E-state index contributed by atoms with van der Waals surface area (Å²) in [5.74, 6) is 1.19. The van der Waals surface area contributed by atoms with E-state index < -0.39 is 5.54 Å². The Balaban J connectivity index is 1.56. The van der Waals surface area contributed by atoms with E-state index in [1.807, 2.05) is 30.9 Å². The molecule has 190 valence electrons. The Morgan fingerprint density at radius 3 is 2.72 bits per heavy atom. The largest absolute Gasteiger partial charge is 0.499 e. The van der Waals surface area contributed by atoms with Gasteiger partial charge in [-0.3, -0.25) is 0 Å². The summed E-state index contributed by atoms with van der Waals surface area (Å²) in [4.78, 5) is 13.6. The predicted molar refractivity (Wildman–Crippen MR) is 135 cm³/mol. The molecule has 3 aromatic rings. The smallest absolute Gasteiger partial charge is 0.158 e. The molecule has 0 saturated carbocycles. The standard InChI is InChI=1S/C26H32FN7O2/c1-32(2)15-17-16-34(21-12-18(27)4-5-19(17)21)24-6-7-30-25(31-24)26(29)14-20(28)22(13-23(26)35-3)33-8-10-36-11-9-33/h4-7,12-13,16H,8-11,14-15,28-29H2,1-3H3. The van der Waals surface area contributed by atoms with Crippen molar-refractivity contribution in [3.05, 3.63) is 77.1 Å². The third-order valence-corrected chi connectivity index (χ3v) is 6.70. The monoisotopic (exact) mass is 493 g/mol. The normalized spacial score (nSPS) is 20.8. The zero-order valence-electron chi connectivity index (χ0n) is 20.9. The number of hydrogen-bond donors (Lipinski definition) is 2. The minimum Gasteiger partial charge on any atom is -0.499 e. The van der Waals surface area contributed by atoms with Crippen molar-refractivity contribution >= 4 is 10.9 Å². The Morgan fingerprint density at radius 1 is 1.22 bits per heavy atom. The highest BCUT2D eigenvalue weighted by molar-refractivity contribution is 5.85. The van der Waals surface area contributed by atoms with E-state index in [9.17, 15) is 4.39 Å². The lowest BCUT2D eigenvalue weighted by molar-refractivity contribution is 0.0536. The van der Waals surface area contributed by atoms with Crippen LogP contribution in [0.4, 0.5) is 4.39 Å². The Kier molecular flexibility index (Phi) is 6.42. The van der Waals surface area contributed by atoms with E-state index in [0.29, 0.717) is 49.3 Å². The number of ether oxygens (including phenoxy) is 2. The van der Waals surface area contributed by atoms with Gasteiger partial charge >= 0.3 is 0 Å². The Hall–Kier alpha value is -3.47. The minimum absolute atomic E-state index is 0.301. The molecule has 2 aromatic heterocycles. The Labute approximate surface area is 209 Å². The van der Waals surface area contributed by atoms with E-state index in [1.54, 1.807) is 25.4 Å². The number of methoxy groups -OCH3 is 1. The topological polar surface area (TPSA) is 108 Å². The summed E-state index contributed by atoms with van der Waals surface area (Å²) in [6.45, 7) is 3.50. The molecular formula is C26H32FN7O2. The maximum Gasteiger partial charge on any atom is 0.158 e. The third-order valence-electron chi connectivity index (χ3n) is 6.70. The van der Waals surface area contributed by atoms with Crippen LogP contribution in [-0.2, 0) is 21.6 Å². The van der Waals surface area contributed by atoms with Crippen molar-refractivity contribution in [3.8, 4) is 5.82 Å². The second kappa shape index (κ2) is 9.53. The van der Waals surface area contributed by atoms with Gasteiger partial charge in [0.1, 0.15) is 22.9 Å². The van der Waals surface area contributed by atoms with Crippen molar-refractivity contribution in [1.29, 1.82) is 0 Å². The van der Waals surface area contributed by atoms with Crippen LogP contribution in [-0.4, -0.2) is 71.8 Å². The molecule has 1 fully saturated rings. The van der Waals surface area contributed by atoms with Gasteiger partial charge in [-0.1, -0.05) is 0 Å². The number of benzene rings is 1. The number of halogens is 1. The number of morpholine rings is 1. The van der Waals surface area contributed by atoms with Crippen LogP contribution in [0.3, 0.4) is 0 Å². The first-order chi connectivity index (χ1) is 17.3. The summed E-state index contributed by atoms with van der Waals surface area (Å²) in [6.07, 6.45) is 5.83. The molecule has 1 unspecified atom stereocenters. The van der Waals surface area contributed by atoms with Crippen LogP contribution in [0.25, 0.3) is 16.7 Å². The molecule has 0 bridgehead atoms. The number of hydrogen-bond acceptors (Lipinski definition) is 8. The first-order valence-corrected chi connectivity index (χ1v) is 11.9. The van der Waals surface area contributed by atoms with Crippen LogP contribution in [0.5, 0.6) is 0 Å². The van der Waals surface area contributed by atoms with Gasteiger partial charge in [0.2, 0.25) is 0 Å². The summed E-state index contributed by atoms with van der Waals surface area (Å²) in [5.41, 5.74) is 15.6. The fourth-order valence-corrected chi connectivity index (χ4v) is 4.98. The molecule has 36 heavy (non-hydrogen) atoms. The average Bonchev–Trinajstić information content (AvgIpc) is 3.21. The molecule has 4 N–H and O–H groups in total. The second-order valence-electron chi connectivity index (χ2n) is 9.53. The maximum absolute atomic E-state index is 14.2. The van der Waals surface area contributed by atoms with Gasteiger partial charge in [-0.05, 0) is 43.9 Å². The van der Waals surface area contributed by atoms with Gasteiger partial charge in [0.05, 0.1) is 31.5 Å². The van der Waals surface area contributed by atoms with Gasteiger partial charge in [-0.25, -0.2) is 14.4 Å². The van der Waals surface area contributed by atoms with Crippen molar-refractivity contribution in [3.63, 3.8) is 0 Å². The summed E-state index contributed by atoms with van der Waals surface area (Å²) in [7, 11) is 5.59. The molecule has 9 nitrogen and oxygen atoms in total. The first-order valence-electron chi connectivity index (χ1n) is 11.9. The molecule has 0 amide bonds. The zero-order chi connectivity index (χ0) is 25.4. The fourth-order valence-electron chi connectivity index (χ4n) is 4.98. The molecule has 3 heterocycles. The van der Waals surface area contributed by atoms with Crippen LogP contribution in [0, 0.1) is 5.82 Å². The number of rotatable bonds is 6. The molecule has 1 atom stereocenters. The molecule has 0 radical (unpaired) electrons. The summed E-state index contributed by atoms with van der Waals surface area (Å²) < 4.78 is 27.3. The SMILES string of the molecule is COC1=CC(N2CCOCC2)=C(N)CC1(N)c1nccc(-n2cc(CN(C)C)c3ccc(F)cc32)n1. The van der Waals surface area contributed by atoms with Gasteiger partial charge in [-0.15, -0.1) is 0 Å².